The molecule has 7 heteroatoms. The number of imidazole rings is 1. The van der Waals surface area contributed by atoms with E-state index in [1.54, 1.807) is 6.07 Å². The van der Waals surface area contributed by atoms with E-state index in [2.05, 4.69) is 14.9 Å². The SMILES string of the molecule is COc1cc(-c2nc3ccc(N4CCC4)cc3[nH]2)cc(C(=O)O)c1O. The number of carboxylic acid groups (broad SMARTS) is 1. The van der Waals surface area contributed by atoms with E-state index in [1.165, 1.54) is 19.6 Å². The molecule has 4 rings (SSSR count). The number of nitrogens with one attached hydrogen (secondary N) is 1. The van der Waals surface area contributed by atoms with Gasteiger partial charge in [0, 0.05) is 24.3 Å². The normalized spacial score (nSPS) is 13.7. The average Bonchev–Trinajstić information content (AvgIpc) is 2.96. The number of ether oxygens (including phenoxy) is 1. The largest absolute Gasteiger partial charge is 0.504 e. The molecule has 0 bridgehead atoms. The quantitative estimate of drug-likeness (QED) is 0.676. The van der Waals surface area contributed by atoms with E-state index in [0.717, 1.165) is 29.8 Å². The second-order valence-electron chi connectivity index (χ2n) is 6.01. The molecule has 1 aromatic heterocycles. The number of methoxy groups -OCH3 is 1. The van der Waals surface area contributed by atoms with Crippen molar-refractivity contribution in [2.75, 3.05) is 25.1 Å². The fourth-order valence-electron chi connectivity index (χ4n) is 2.97. The number of carboxylic acids is 1. The lowest BCUT2D eigenvalue weighted by Crippen LogP contribution is -2.36. The number of hydrogen-bond donors (Lipinski definition) is 3. The van der Waals surface area contributed by atoms with Crippen LogP contribution in [0.3, 0.4) is 0 Å². The molecule has 0 aliphatic carbocycles. The Hall–Kier alpha value is -3.22. The number of rotatable bonds is 4. The molecular formula is C18H17N3O4. The number of hydrogen-bond acceptors (Lipinski definition) is 5. The maximum atomic E-state index is 11.4. The van der Waals surface area contributed by atoms with Crippen LogP contribution in [0.15, 0.2) is 30.3 Å². The number of aromatic nitrogens is 2. The molecule has 25 heavy (non-hydrogen) atoms. The summed E-state index contributed by atoms with van der Waals surface area (Å²) in [5, 5.41) is 19.2. The second-order valence-corrected chi connectivity index (χ2v) is 6.01. The van der Waals surface area contributed by atoms with Crippen LogP contribution in [0.1, 0.15) is 16.8 Å². The molecule has 1 aliphatic rings. The molecule has 3 aromatic rings. The Morgan fingerprint density at radius 1 is 1.28 bits per heavy atom. The maximum Gasteiger partial charge on any atom is 0.339 e. The number of aromatic carboxylic acids is 1. The number of benzene rings is 2. The summed E-state index contributed by atoms with van der Waals surface area (Å²) in [6.07, 6.45) is 1.21. The van der Waals surface area contributed by atoms with Crippen molar-refractivity contribution in [2.45, 2.75) is 6.42 Å². The third kappa shape index (κ3) is 2.53. The topological polar surface area (TPSA) is 98.7 Å². The van der Waals surface area contributed by atoms with Crippen LogP contribution in [0.25, 0.3) is 22.4 Å². The van der Waals surface area contributed by atoms with E-state index >= 15 is 0 Å². The van der Waals surface area contributed by atoms with Gasteiger partial charge in [-0.05, 0) is 36.8 Å². The summed E-state index contributed by atoms with van der Waals surface area (Å²) >= 11 is 0. The summed E-state index contributed by atoms with van der Waals surface area (Å²) in [5.74, 6) is -1.00. The van der Waals surface area contributed by atoms with E-state index in [-0.39, 0.29) is 11.3 Å². The summed E-state index contributed by atoms with van der Waals surface area (Å²) in [5.41, 5.74) is 3.12. The highest BCUT2D eigenvalue weighted by atomic mass is 16.5. The summed E-state index contributed by atoms with van der Waals surface area (Å²) in [6, 6.07) is 8.97. The lowest BCUT2D eigenvalue weighted by Gasteiger charge is -2.33. The Labute approximate surface area is 143 Å². The highest BCUT2D eigenvalue weighted by Crippen LogP contribution is 2.35. The Bertz CT molecular complexity index is 976. The van der Waals surface area contributed by atoms with E-state index in [1.807, 2.05) is 18.2 Å². The molecule has 0 atom stereocenters. The van der Waals surface area contributed by atoms with Gasteiger partial charge in [-0.2, -0.15) is 0 Å². The number of fused-ring (bicyclic) bond motifs is 1. The van der Waals surface area contributed by atoms with Crippen molar-refractivity contribution in [3.8, 4) is 22.9 Å². The van der Waals surface area contributed by atoms with Gasteiger partial charge < -0.3 is 24.8 Å². The maximum absolute atomic E-state index is 11.4. The van der Waals surface area contributed by atoms with Crippen molar-refractivity contribution in [2.24, 2.45) is 0 Å². The Morgan fingerprint density at radius 3 is 2.72 bits per heavy atom. The number of aromatic amines is 1. The number of nitrogens with zero attached hydrogens (tertiary/aromatic N) is 2. The highest BCUT2D eigenvalue weighted by molar-refractivity contribution is 5.94. The second kappa shape index (κ2) is 5.70. The van der Waals surface area contributed by atoms with Crippen LogP contribution in [-0.4, -0.2) is 46.3 Å². The van der Waals surface area contributed by atoms with Gasteiger partial charge in [0.15, 0.2) is 11.5 Å². The molecule has 1 saturated heterocycles. The fourth-order valence-corrected chi connectivity index (χ4v) is 2.97. The van der Waals surface area contributed by atoms with E-state index in [0.29, 0.717) is 11.4 Å². The molecule has 7 nitrogen and oxygen atoms in total. The van der Waals surface area contributed by atoms with Crippen LogP contribution >= 0.6 is 0 Å². The van der Waals surface area contributed by atoms with Gasteiger partial charge >= 0.3 is 5.97 Å². The molecule has 3 N–H and O–H groups in total. The molecule has 0 radical (unpaired) electrons. The van der Waals surface area contributed by atoms with Crippen LogP contribution in [0, 0.1) is 0 Å². The van der Waals surface area contributed by atoms with Crippen LogP contribution in [-0.2, 0) is 0 Å². The van der Waals surface area contributed by atoms with Gasteiger partial charge in [-0.25, -0.2) is 9.78 Å². The third-order valence-electron chi connectivity index (χ3n) is 4.49. The monoisotopic (exact) mass is 339 g/mol. The predicted molar refractivity (Wildman–Crippen MR) is 93.5 cm³/mol. The molecule has 0 saturated carbocycles. The Balaban J connectivity index is 1.81. The lowest BCUT2D eigenvalue weighted by atomic mass is 10.1. The van der Waals surface area contributed by atoms with Crippen molar-refractivity contribution < 1.29 is 19.7 Å². The molecule has 0 spiro atoms. The first-order chi connectivity index (χ1) is 12.1. The molecule has 2 aromatic carbocycles. The first-order valence-electron chi connectivity index (χ1n) is 7.96. The number of carbonyl (C=O) groups is 1. The smallest absolute Gasteiger partial charge is 0.339 e. The molecule has 1 fully saturated rings. The van der Waals surface area contributed by atoms with Gasteiger partial charge in [0.25, 0.3) is 0 Å². The van der Waals surface area contributed by atoms with Crippen LogP contribution in [0.4, 0.5) is 5.69 Å². The first-order valence-corrected chi connectivity index (χ1v) is 7.96. The van der Waals surface area contributed by atoms with E-state index in [4.69, 9.17) is 4.74 Å². The molecule has 2 heterocycles. The third-order valence-corrected chi connectivity index (χ3v) is 4.49. The molecule has 1 aliphatic heterocycles. The van der Waals surface area contributed by atoms with Crippen LogP contribution in [0.5, 0.6) is 11.5 Å². The molecular weight excluding hydrogens is 322 g/mol. The van der Waals surface area contributed by atoms with Gasteiger partial charge in [0.1, 0.15) is 11.4 Å². The van der Waals surface area contributed by atoms with Crippen LogP contribution in [0.2, 0.25) is 0 Å². The minimum Gasteiger partial charge on any atom is -0.504 e. The summed E-state index contributed by atoms with van der Waals surface area (Å²) < 4.78 is 5.08. The van der Waals surface area contributed by atoms with Crippen molar-refractivity contribution >= 4 is 22.7 Å². The minimum absolute atomic E-state index is 0.0941. The summed E-state index contributed by atoms with van der Waals surface area (Å²) in [6.45, 7) is 2.12. The van der Waals surface area contributed by atoms with Crippen molar-refractivity contribution in [3.05, 3.63) is 35.9 Å². The van der Waals surface area contributed by atoms with Crippen molar-refractivity contribution in [3.63, 3.8) is 0 Å². The van der Waals surface area contributed by atoms with E-state index < -0.39 is 11.7 Å². The summed E-state index contributed by atoms with van der Waals surface area (Å²) in [7, 11) is 1.38. The average molecular weight is 339 g/mol. The van der Waals surface area contributed by atoms with Crippen molar-refractivity contribution in [1.29, 1.82) is 0 Å². The summed E-state index contributed by atoms with van der Waals surface area (Å²) in [4.78, 5) is 21.4. The standard InChI is InChI=1S/C18H17N3O4/c1-25-15-8-10(7-12(16(15)22)18(23)24)17-19-13-4-3-11(9-14(13)20-17)21-5-2-6-21/h3-4,7-9,22H,2,5-6H2,1H3,(H,19,20)(H,23,24). The van der Waals surface area contributed by atoms with Gasteiger partial charge in [0.2, 0.25) is 0 Å². The first kappa shape index (κ1) is 15.3. The van der Waals surface area contributed by atoms with Gasteiger partial charge in [-0.3, -0.25) is 0 Å². The van der Waals surface area contributed by atoms with Crippen molar-refractivity contribution in [1.82, 2.24) is 9.97 Å². The Morgan fingerprint density at radius 2 is 2.08 bits per heavy atom. The zero-order valence-corrected chi connectivity index (χ0v) is 13.6. The van der Waals surface area contributed by atoms with Gasteiger partial charge in [-0.1, -0.05) is 0 Å². The number of anilines is 1. The molecule has 0 unspecified atom stereocenters. The Kier molecular flexibility index (Phi) is 3.49. The molecule has 128 valence electrons. The predicted octanol–water partition coefficient (Wildman–Crippen LogP) is 2.85. The highest BCUT2D eigenvalue weighted by Gasteiger charge is 2.19. The van der Waals surface area contributed by atoms with E-state index in [9.17, 15) is 15.0 Å². The number of H-pyrrole nitrogens is 1. The van der Waals surface area contributed by atoms with Gasteiger partial charge in [-0.15, -0.1) is 0 Å². The van der Waals surface area contributed by atoms with Gasteiger partial charge in [0.05, 0.1) is 18.1 Å². The number of aromatic hydroxyl groups is 1. The fraction of sp³-hybridized carbons (Fsp3) is 0.222. The molecule has 0 amide bonds. The zero-order valence-electron chi connectivity index (χ0n) is 13.6. The van der Waals surface area contributed by atoms with Crippen LogP contribution < -0.4 is 9.64 Å². The zero-order chi connectivity index (χ0) is 17.6. The lowest BCUT2D eigenvalue weighted by molar-refractivity contribution is 0.0693. The minimum atomic E-state index is -1.23. The number of phenols is 1.